The summed E-state index contributed by atoms with van der Waals surface area (Å²) in [7, 11) is 0. The van der Waals surface area contributed by atoms with Gasteiger partial charge in [0, 0.05) is 18.6 Å². The van der Waals surface area contributed by atoms with E-state index in [9.17, 15) is 4.79 Å². The maximum atomic E-state index is 15.1. The Hall–Kier alpha value is -1.53. The molecule has 0 aliphatic carbocycles. The summed E-state index contributed by atoms with van der Waals surface area (Å²) in [6, 6.07) is 0. The zero-order valence-corrected chi connectivity index (χ0v) is 14.0. The van der Waals surface area contributed by atoms with Crippen LogP contribution in [0.1, 0.15) is 58.6 Å². The summed E-state index contributed by atoms with van der Waals surface area (Å²) in [5.74, 6) is -2.11. The predicted octanol–water partition coefficient (Wildman–Crippen LogP) is 2.56. The van der Waals surface area contributed by atoms with Crippen LogP contribution < -0.4 is 11.1 Å². The molecular formula is C18H24F2N2O2. The summed E-state index contributed by atoms with van der Waals surface area (Å²) in [5, 5.41) is 3.24. The molecular weight excluding hydrogens is 314 g/mol. The number of ether oxygens (including phenoxy) is 1. The fourth-order valence-corrected chi connectivity index (χ4v) is 3.94. The smallest absolute Gasteiger partial charge is 0.252 e. The van der Waals surface area contributed by atoms with Gasteiger partial charge in [-0.2, -0.15) is 0 Å². The van der Waals surface area contributed by atoms with Gasteiger partial charge in [-0.15, -0.1) is 0 Å². The average Bonchev–Trinajstić information content (AvgIpc) is 3.06. The average molecular weight is 338 g/mol. The van der Waals surface area contributed by atoms with Crippen molar-refractivity contribution in [1.29, 1.82) is 0 Å². The van der Waals surface area contributed by atoms with Gasteiger partial charge in [0.15, 0.2) is 0 Å². The van der Waals surface area contributed by atoms with E-state index in [1.165, 1.54) is 6.92 Å². The number of halogens is 2. The summed E-state index contributed by atoms with van der Waals surface area (Å²) >= 11 is 0. The highest BCUT2D eigenvalue weighted by molar-refractivity contribution is 5.95. The second kappa shape index (κ2) is 7.15. The zero-order valence-electron chi connectivity index (χ0n) is 14.0. The van der Waals surface area contributed by atoms with Gasteiger partial charge in [0.05, 0.1) is 11.7 Å². The first-order chi connectivity index (χ1) is 11.5. The molecule has 1 atom stereocenters. The van der Waals surface area contributed by atoms with E-state index in [0.29, 0.717) is 18.6 Å². The number of nitrogens with two attached hydrogens (primary N) is 1. The minimum atomic E-state index is -0.922. The number of rotatable bonds is 4. The highest BCUT2D eigenvalue weighted by atomic mass is 19.1. The van der Waals surface area contributed by atoms with E-state index < -0.39 is 17.5 Å². The van der Waals surface area contributed by atoms with E-state index >= 15 is 8.78 Å². The Morgan fingerprint density at radius 3 is 2.54 bits per heavy atom. The highest BCUT2D eigenvalue weighted by Crippen LogP contribution is 2.36. The van der Waals surface area contributed by atoms with Crippen molar-refractivity contribution in [3.05, 3.63) is 33.9 Å². The molecule has 1 unspecified atom stereocenters. The molecule has 3 rings (SSSR count). The number of nitrogens with one attached hydrogen (secondary N) is 1. The van der Waals surface area contributed by atoms with Crippen molar-refractivity contribution in [3.63, 3.8) is 0 Å². The summed E-state index contributed by atoms with van der Waals surface area (Å²) in [4.78, 5) is 11.6. The van der Waals surface area contributed by atoms with Crippen molar-refractivity contribution >= 4 is 5.91 Å². The van der Waals surface area contributed by atoms with Crippen LogP contribution in [-0.2, 0) is 11.2 Å². The van der Waals surface area contributed by atoms with Crippen LogP contribution in [-0.4, -0.2) is 31.7 Å². The Labute approximate surface area is 140 Å². The lowest BCUT2D eigenvalue weighted by atomic mass is 9.82. The predicted molar refractivity (Wildman–Crippen MR) is 87.1 cm³/mol. The summed E-state index contributed by atoms with van der Waals surface area (Å²) < 4.78 is 35.8. The van der Waals surface area contributed by atoms with E-state index in [0.717, 1.165) is 38.8 Å². The van der Waals surface area contributed by atoms with E-state index in [4.69, 9.17) is 10.5 Å². The standard InChI is InChI=1S/C18H24F2N2O2/c1-10-14(18(21)23)17(20)13(9-12-3-2-8-24-12)15(16(10)19)11-4-6-22-7-5-11/h11-12,22H,2-9H2,1H3,(H2,21,23). The van der Waals surface area contributed by atoms with Crippen LogP contribution in [0.5, 0.6) is 0 Å². The van der Waals surface area contributed by atoms with Crippen LogP contribution >= 0.6 is 0 Å². The molecule has 24 heavy (non-hydrogen) atoms. The number of primary amides is 1. The molecule has 2 fully saturated rings. The van der Waals surface area contributed by atoms with Crippen molar-refractivity contribution in [3.8, 4) is 0 Å². The van der Waals surface area contributed by atoms with Crippen molar-refractivity contribution < 1.29 is 18.3 Å². The van der Waals surface area contributed by atoms with Crippen molar-refractivity contribution in [2.24, 2.45) is 5.73 Å². The molecule has 0 spiro atoms. The Morgan fingerprint density at radius 2 is 1.96 bits per heavy atom. The van der Waals surface area contributed by atoms with Crippen molar-refractivity contribution in [2.45, 2.75) is 51.0 Å². The van der Waals surface area contributed by atoms with Gasteiger partial charge in [-0.05, 0) is 62.7 Å². The van der Waals surface area contributed by atoms with Gasteiger partial charge in [-0.3, -0.25) is 4.79 Å². The molecule has 1 amide bonds. The highest BCUT2D eigenvalue weighted by Gasteiger charge is 2.31. The summed E-state index contributed by atoms with van der Waals surface area (Å²) in [6.45, 7) is 3.63. The second-order valence-electron chi connectivity index (χ2n) is 6.75. The van der Waals surface area contributed by atoms with Gasteiger partial charge in [0.2, 0.25) is 0 Å². The number of carbonyl (C=O) groups excluding carboxylic acids is 1. The molecule has 2 aliphatic rings. The summed E-state index contributed by atoms with van der Waals surface area (Å²) in [5.41, 5.74) is 5.71. The fourth-order valence-electron chi connectivity index (χ4n) is 3.94. The van der Waals surface area contributed by atoms with Gasteiger partial charge < -0.3 is 15.8 Å². The first-order valence-electron chi connectivity index (χ1n) is 8.63. The molecule has 0 radical (unpaired) electrons. The van der Waals surface area contributed by atoms with Gasteiger partial charge in [-0.25, -0.2) is 8.78 Å². The second-order valence-corrected chi connectivity index (χ2v) is 6.75. The van der Waals surface area contributed by atoms with Crippen LogP contribution in [0.3, 0.4) is 0 Å². The first kappa shape index (κ1) is 17.3. The van der Waals surface area contributed by atoms with E-state index in [1.54, 1.807) is 0 Å². The monoisotopic (exact) mass is 338 g/mol. The first-order valence-corrected chi connectivity index (χ1v) is 8.63. The molecule has 4 nitrogen and oxygen atoms in total. The van der Waals surface area contributed by atoms with Crippen LogP contribution in [0.25, 0.3) is 0 Å². The number of hydrogen-bond donors (Lipinski definition) is 2. The molecule has 0 aromatic heterocycles. The molecule has 0 bridgehead atoms. The fraction of sp³-hybridized carbons (Fsp3) is 0.611. The molecule has 1 aromatic carbocycles. The molecule has 132 valence electrons. The lowest BCUT2D eigenvalue weighted by Gasteiger charge is -2.28. The van der Waals surface area contributed by atoms with Crippen LogP contribution in [0, 0.1) is 18.6 Å². The zero-order chi connectivity index (χ0) is 17.3. The molecule has 2 aliphatic heterocycles. The largest absolute Gasteiger partial charge is 0.378 e. The molecule has 2 saturated heterocycles. The number of amides is 1. The van der Waals surface area contributed by atoms with Gasteiger partial charge in [0.1, 0.15) is 11.6 Å². The third-order valence-corrected chi connectivity index (χ3v) is 5.20. The van der Waals surface area contributed by atoms with E-state index in [2.05, 4.69) is 5.32 Å². The number of piperidine rings is 1. The normalized spacial score (nSPS) is 22.0. The number of benzene rings is 1. The maximum absolute atomic E-state index is 15.1. The van der Waals surface area contributed by atoms with E-state index in [1.807, 2.05) is 0 Å². The number of hydrogen-bond acceptors (Lipinski definition) is 3. The quantitative estimate of drug-likeness (QED) is 0.887. The number of carbonyl (C=O) groups is 1. The lowest BCUT2D eigenvalue weighted by Crippen LogP contribution is -2.29. The third kappa shape index (κ3) is 3.17. The van der Waals surface area contributed by atoms with Crippen molar-refractivity contribution in [2.75, 3.05) is 19.7 Å². The lowest BCUT2D eigenvalue weighted by molar-refractivity contribution is 0.0991. The van der Waals surface area contributed by atoms with Crippen LogP contribution in [0.15, 0.2) is 0 Å². The molecule has 1 aromatic rings. The molecule has 3 N–H and O–H groups in total. The SMILES string of the molecule is Cc1c(F)c(C2CCNCC2)c(CC2CCCO2)c(F)c1C(N)=O. The Kier molecular flexibility index (Phi) is 5.15. The summed E-state index contributed by atoms with van der Waals surface area (Å²) in [6.07, 6.45) is 3.43. The van der Waals surface area contributed by atoms with E-state index in [-0.39, 0.29) is 28.7 Å². The van der Waals surface area contributed by atoms with Gasteiger partial charge in [-0.1, -0.05) is 0 Å². The molecule has 6 heteroatoms. The topological polar surface area (TPSA) is 64.3 Å². The Balaban J connectivity index is 2.11. The minimum Gasteiger partial charge on any atom is -0.378 e. The van der Waals surface area contributed by atoms with Crippen molar-refractivity contribution in [1.82, 2.24) is 5.32 Å². The molecule has 2 heterocycles. The Morgan fingerprint density at radius 1 is 1.25 bits per heavy atom. The molecule has 0 saturated carbocycles. The van der Waals surface area contributed by atoms with Gasteiger partial charge in [0.25, 0.3) is 5.91 Å². The van der Waals surface area contributed by atoms with Crippen LogP contribution in [0.4, 0.5) is 8.78 Å². The minimum absolute atomic E-state index is 0.0182. The van der Waals surface area contributed by atoms with Gasteiger partial charge >= 0.3 is 0 Å². The third-order valence-electron chi connectivity index (χ3n) is 5.20. The van der Waals surface area contributed by atoms with Crippen LogP contribution in [0.2, 0.25) is 0 Å². The maximum Gasteiger partial charge on any atom is 0.252 e. The Bertz CT molecular complexity index is 637.